The summed E-state index contributed by atoms with van der Waals surface area (Å²) in [4.78, 5) is 11.7. The van der Waals surface area contributed by atoms with Gasteiger partial charge in [-0.1, -0.05) is 35.3 Å². The van der Waals surface area contributed by atoms with Crippen LogP contribution in [0.3, 0.4) is 0 Å². The number of nitrogens with one attached hydrogen (secondary N) is 1. The summed E-state index contributed by atoms with van der Waals surface area (Å²) in [6.45, 7) is 0. The first-order valence-electron chi connectivity index (χ1n) is 5.74. The number of carbonyl (C=O) groups excluding carboxylic acids is 1. The third-order valence-electron chi connectivity index (χ3n) is 2.43. The number of hydrogen-bond donors (Lipinski definition) is 1. The fourth-order valence-corrected chi connectivity index (χ4v) is 2.08. The summed E-state index contributed by atoms with van der Waals surface area (Å²) in [5.41, 5.74) is 1.24. The smallest absolute Gasteiger partial charge is 0.248 e. The lowest BCUT2D eigenvalue weighted by molar-refractivity contribution is -0.111. The summed E-state index contributed by atoms with van der Waals surface area (Å²) in [6.07, 6.45) is 2.93. The molecule has 2 rings (SSSR count). The van der Waals surface area contributed by atoms with Gasteiger partial charge >= 0.3 is 0 Å². The Morgan fingerprint density at radius 2 is 1.65 bits per heavy atom. The quantitative estimate of drug-likeness (QED) is 0.812. The molecule has 0 aliphatic carbocycles. The lowest BCUT2D eigenvalue weighted by atomic mass is 10.2. The molecule has 1 N–H and O–H groups in total. The molecule has 0 aromatic heterocycles. The molecule has 0 aliphatic rings. The fraction of sp³-hybridized carbons (Fsp3) is 0. The highest BCUT2D eigenvalue weighted by atomic mass is 35.5. The van der Waals surface area contributed by atoms with Crippen molar-refractivity contribution in [1.82, 2.24) is 0 Å². The molecule has 0 atom stereocenters. The van der Waals surface area contributed by atoms with Crippen molar-refractivity contribution in [3.8, 4) is 0 Å². The van der Waals surface area contributed by atoms with Gasteiger partial charge in [-0.2, -0.15) is 0 Å². The lowest BCUT2D eigenvalue weighted by Crippen LogP contribution is -2.07. The second-order valence-electron chi connectivity index (χ2n) is 4.03. The first kappa shape index (κ1) is 14.6. The molecule has 102 valence electrons. The maximum Gasteiger partial charge on any atom is 0.248 e. The average molecular weight is 310 g/mol. The molecule has 2 nitrogen and oxygen atoms in total. The number of amides is 1. The Kier molecular flexibility index (Phi) is 4.77. The third-order valence-corrected chi connectivity index (χ3v) is 2.86. The number of halogens is 3. The van der Waals surface area contributed by atoms with E-state index >= 15 is 0 Å². The van der Waals surface area contributed by atoms with Crippen molar-refractivity contribution < 1.29 is 9.18 Å². The highest BCUT2D eigenvalue weighted by Gasteiger charge is 2.01. The zero-order valence-corrected chi connectivity index (χ0v) is 11.8. The zero-order valence-electron chi connectivity index (χ0n) is 10.2. The normalized spacial score (nSPS) is 10.8. The number of hydrogen-bond acceptors (Lipinski definition) is 1. The van der Waals surface area contributed by atoms with Crippen LogP contribution in [-0.2, 0) is 4.79 Å². The Morgan fingerprint density at radius 3 is 2.25 bits per heavy atom. The Hall–Kier alpha value is -1.84. The predicted molar refractivity (Wildman–Crippen MR) is 80.5 cm³/mol. The minimum absolute atomic E-state index is 0.319. The monoisotopic (exact) mass is 309 g/mol. The Balaban J connectivity index is 2.03. The predicted octanol–water partition coefficient (Wildman–Crippen LogP) is 4.78. The molecule has 0 unspecified atom stereocenters. The van der Waals surface area contributed by atoms with E-state index in [1.54, 1.807) is 36.4 Å². The van der Waals surface area contributed by atoms with Crippen LogP contribution in [0.4, 0.5) is 10.1 Å². The highest BCUT2D eigenvalue weighted by Crippen LogP contribution is 2.22. The standard InChI is InChI=1S/C15H10Cl2FNO/c16-11-7-12(17)9-14(8-11)19-15(20)6-3-10-1-4-13(18)5-2-10/h1-9H,(H,19,20). The summed E-state index contributed by atoms with van der Waals surface area (Å²) in [5, 5.41) is 3.52. The van der Waals surface area contributed by atoms with E-state index < -0.39 is 0 Å². The van der Waals surface area contributed by atoms with Crippen molar-refractivity contribution in [3.05, 3.63) is 70.0 Å². The molecule has 1 amide bonds. The van der Waals surface area contributed by atoms with Crippen LogP contribution in [0, 0.1) is 5.82 Å². The third kappa shape index (κ3) is 4.37. The Bertz CT molecular complexity index is 633. The van der Waals surface area contributed by atoms with Gasteiger partial charge in [0.15, 0.2) is 0 Å². The topological polar surface area (TPSA) is 29.1 Å². The van der Waals surface area contributed by atoms with Crippen molar-refractivity contribution in [2.45, 2.75) is 0 Å². The van der Waals surface area contributed by atoms with Gasteiger partial charge in [-0.25, -0.2) is 4.39 Å². The highest BCUT2D eigenvalue weighted by molar-refractivity contribution is 6.35. The van der Waals surface area contributed by atoms with Crippen LogP contribution < -0.4 is 5.32 Å². The van der Waals surface area contributed by atoms with Crippen molar-refractivity contribution in [2.75, 3.05) is 5.32 Å². The van der Waals surface area contributed by atoms with E-state index in [0.29, 0.717) is 15.7 Å². The molecular formula is C15H10Cl2FNO. The molecule has 0 spiro atoms. The largest absolute Gasteiger partial charge is 0.322 e. The maximum atomic E-state index is 12.7. The summed E-state index contributed by atoms with van der Waals surface area (Å²) in [7, 11) is 0. The van der Waals surface area contributed by atoms with E-state index in [1.165, 1.54) is 18.2 Å². The molecule has 2 aromatic rings. The van der Waals surface area contributed by atoms with Gasteiger partial charge in [-0.3, -0.25) is 4.79 Å². The maximum absolute atomic E-state index is 12.7. The molecule has 2 aromatic carbocycles. The van der Waals surface area contributed by atoms with Crippen molar-refractivity contribution in [2.24, 2.45) is 0 Å². The van der Waals surface area contributed by atoms with Crippen molar-refractivity contribution >= 4 is 40.9 Å². The van der Waals surface area contributed by atoms with E-state index in [9.17, 15) is 9.18 Å². The van der Waals surface area contributed by atoms with Crippen molar-refractivity contribution in [3.63, 3.8) is 0 Å². The number of rotatable bonds is 3. The van der Waals surface area contributed by atoms with E-state index in [2.05, 4.69) is 5.32 Å². The second-order valence-corrected chi connectivity index (χ2v) is 4.91. The number of carbonyl (C=O) groups is 1. The SMILES string of the molecule is O=C(C=Cc1ccc(F)cc1)Nc1cc(Cl)cc(Cl)c1. The van der Waals surface area contributed by atoms with Gasteiger partial charge in [0.1, 0.15) is 5.82 Å². The van der Waals surface area contributed by atoms with Crippen LogP contribution in [0.25, 0.3) is 6.08 Å². The molecule has 0 radical (unpaired) electrons. The van der Waals surface area contributed by atoms with Gasteiger partial charge in [0.2, 0.25) is 5.91 Å². The van der Waals surface area contributed by atoms with Gasteiger partial charge in [0.05, 0.1) is 0 Å². The Labute approximate surface area is 125 Å². The van der Waals surface area contributed by atoms with Crippen LogP contribution >= 0.6 is 23.2 Å². The summed E-state index contributed by atoms with van der Waals surface area (Å²) in [6, 6.07) is 10.6. The van der Waals surface area contributed by atoms with E-state index in [4.69, 9.17) is 23.2 Å². The molecule has 0 fully saturated rings. The Morgan fingerprint density at radius 1 is 1.05 bits per heavy atom. The van der Waals surface area contributed by atoms with Crippen LogP contribution in [0.5, 0.6) is 0 Å². The molecule has 0 aliphatic heterocycles. The van der Waals surface area contributed by atoms with Gasteiger partial charge < -0.3 is 5.32 Å². The summed E-state index contributed by atoms with van der Waals surface area (Å²) < 4.78 is 12.7. The molecule has 0 bridgehead atoms. The summed E-state index contributed by atoms with van der Waals surface area (Å²) in [5.74, 6) is -0.646. The minimum atomic E-state index is -0.326. The van der Waals surface area contributed by atoms with E-state index in [-0.39, 0.29) is 11.7 Å². The van der Waals surface area contributed by atoms with Crippen LogP contribution in [0.15, 0.2) is 48.5 Å². The molecular weight excluding hydrogens is 300 g/mol. The van der Waals surface area contributed by atoms with Crippen LogP contribution in [-0.4, -0.2) is 5.91 Å². The first-order valence-corrected chi connectivity index (χ1v) is 6.49. The molecule has 0 saturated heterocycles. The lowest BCUT2D eigenvalue weighted by Gasteiger charge is -2.03. The van der Waals surface area contributed by atoms with Gasteiger partial charge in [0, 0.05) is 21.8 Å². The molecule has 0 heterocycles. The summed E-state index contributed by atoms with van der Waals surface area (Å²) >= 11 is 11.7. The average Bonchev–Trinajstić information content (AvgIpc) is 2.37. The molecule has 0 saturated carbocycles. The van der Waals surface area contributed by atoms with Crippen LogP contribution in [0.1, 0.15) is 5.56 Å². The fourth-order valence-electron chi connectivity index (χ4n) is 1.56. The zero-order chi connectivity index (χ0) is 14.5. The number of anilines is 1. The minimum Gasteiger partial charge on any atom is -0.322 e. The van der Waals surface area contributed by atoms with Gasteiger partial charge in [0.25, 0.3) is 0 Å². The van der Waals surface area contributed by atoms with Crippen LogP contribution in [0.2, 0.25) is 10.0 Å². The molecule has 5 heteroatoms. The molecule has 20 heavy (non-hydrogen) atoms. The van der Waals surface area contributed by atoms with Crippen molar-refractivity contribution in [1.29, 1.82) is 0 Å². The number of benzene rings is 2. The van der Waals surface area contributed by atoms with E-state index in [1.807, 2.05) is 0 Å². The van der Waals surface area contributed by atoms with Gasteiger partial charge in [-0.05, 0) is 42.0 Å². The van der Waals surface area contributed by atoms with E-state index in [0.717, 1.165) is 5.56 Å². The first-order chi connectivity index (χ1) is 9.52. The van der Waals surface area contributed by atoms with Gasteiger partial charge in [-0.15, -0.1) is 0 Å². The second kappa shape index (κ2) is 6.55.